The summed E-state index contributed by atoms with van der Waals surface area (Å²) in [5.41, 5.74) is 0. The summed E-state index contributed by atoms with van der Waals surface area (Å²) in [7, 11) is 0. The largest absolute Gasteiger partial charge is 0.463 e. The maximum Gasteiger partial charge on any atom is 0.331 e. The highest BCUT2D eigenvalue weighted by molar-refractivity contribution is 5.91. The normalized spacial score (nSPS) is 11.0. The average Bonchev–Trinajstić information content (AvgIpc) is 3.21. The Labute approximate surface area is 361 Å². The van der Waals surface area contributed by atoms with Crippen molar-refractivity contribution in [2.45, 2.75) is 278 Å². The molecule has 0 aromatic rings. The van der Waals surface area contributed by atoms with Gasteiger partial charge in [0.15, 0.2) is 0 Å². The summed E-state index contributed by atoms with van der Waals surface area (Å²) in [4.78, 5) is 33.5. The lowest BCUT2D eigenvalue weighted by atomic mass is 10.0. The van der Waals surface area contributed by atoms with Crippen molar-refractivity contribution in [2.75, 3.05) is 13.2 Å². The van der Waals surface area contributed by atoms with Crippen LogP contribution in [0.5, 0.6) is 0 Å². The summed E-state index contributed by atoms with van der Waals surface area (Å²) in [5, 5.41) is 0. The van der Waals surface area contributed by atoms with Gasteiger partial charge >= 0.3 is 17.9 Å². The lowest BCUT2D eigenvalue weighted by Gasteiger charge is -2.05. The summed E-state index contributed by atoms with van der Waals surface area (Å²) in [5.74, 6) is -1.23. The van der Waals surface area contributed by atoms with E-state index in [1.54, 1.807) is 0 Å². The highest BCUT2D eigenvalue weighted by Gasteiger charge is 2.02. The van der Waals surface area contributed by atoms with Gasteiger partial charge < -0.3 is 14.2 Å². The van der Waals surface area contributed by atoms with Gasteiger partial charge in [0.1, 0.15) is 0 Å². The molecule has 6 nitrogen and oxygen atoms in total. The number of hydrogen-bond donors (Lipinski definition) is 0. The fraction of sp³-hybridized carbons (Fsp3) is 0.865. The predicted molar refractivity (Wildman–Crippen MR) is 249 cm³/mol. The van der Waals surface area contributed by atoms with Gasteiger partial charge in [-0.1, -0.05) is 264 Å². The molecule has 0 aliphatic heterocycles. The molecule has 0 aliphatic carbocycles. The molecule has 0 atom stereocenters. The van der Waals surface area contributed by atoms with Crippen LogP contribution in [0.15, 0.2) is 25.0 Å². The molecule has 0 spiro atoms. The Morgan fingerprint density at radius 1 is 0.345 bits per heavy atom. The third-order valence-electron chi connectivity index (χ3n) is 11.1. The maximum absolute atomic E-state index is 11.9. The fourth-order valence-electron chi connectivity index (χ4n) is 7.41. The Morgan fingerprint density at radius 2 is 0.534 bits per heavy atom. The van der Waals surface area contributed by atoms with E-state index in [-0.39, 0.29) is 5.97 Å². The number of ether oxygens (including phenoxy) is 3. The molecule has 0 aromatic heterocycles. The third-order valence-corrected chi connectivity index (χ3v) is 11.1. The zero-order valence-corrected chi connectivity index (χ0v) is 39.1. The lowest BCUT2D eigenvalue weighted by Crippen LogP contribution is -2.06. The van der Waals surface area contributed by atoms with Crippen LogP contribution in [-0.4, -0.2) is 31.1 Å². The second-order valence-corrected chi connectivity index (χ2v) is 16.9. The van der Waals surface area contributed by atoms with E-state index in [0.717, 1.165) is 31.9 Å². The van der Waals surface area contributed by atoms with Crippen molar-refractivity contribution >= 4 is 17.9 Å². The van der Waals surface area contributed by atoms with Gasteiger partial charge in [0, 0.05) is 19.1 Å². The van der Waals surface area contributed by atoms with Crippen molar-refractivity contribution in [2.24, 2.45) is 0 Å². The van der Waals surface area contributed by atoms with Gasteiger partial charge in [-0.05, 0) is 12.8 Å². The summed E-state index contributed by atoms with van der Waals surface area (Å²) >= 11 is 0. The minimum atomic E-state index is -0.450. The maximum atomic E-state index is 11.9. The van der Waals surface area contributed by atoms with E-state index >= 15 is 0 Å². The molecule has 0 aromatic carbocycles. The number of carbonyl (C=O) groups is 3. The first kappa shape index (κ1) is 58.0. The van der Waals surface area contributed by atoms with Crippen molar-refractivity contribution in [3.8, 4) is 0 Å². The Bertz CT molecular complexity index is 823. The van der Waals surface area contributed by atoms with Gasteiger partial charge in [0.2, 0.25) is 0 Å². The molecule has 0 radical (unpaired) electrons. The van der Waals surface area contributed by atoms with Crippen molar-refractivity contribution in [3.05, 3.63) is 25.0 Å². The first-order valence-corrected chi connectivity index (χ1v) is 25.3. The van der Waals surface area contributed by atoms with Crippen LogP contribution in [0.3, 0.4) is 0 Å². The molecule has 0 heterocycles. The van der Waals surface area contributed by atoms with E-state index in [0.29, 0.717) is 13.2 Å². The van der Waals surface area contributed by atoms with Crippen LogP contribution in [0.25, 0.3) is 0 Å². The van der Waals surface area contributed by atoms with Crippen LogP contribution in [0.4, 0.5) is 0 Å². The van der Waals surface area contributed by atoms with Crippen LogP contribution in [0.2, 0.25) is 0 Å². The Morgan fingerprint density at radius 3 is 0.690 bits per heavy atom. The Hall–Kier alpha value is -2.11. The van der Waals surface area contributed by atoms with Crippen LogP contribution in [0, 0.1) is 0 Å². The molecular weight excluding hydrogens is 721 g/mol. The molecule has 342 valence electrons. The molecule has 0 saturated carbocycles. The topological polar surface area (TPSA) is 78.9 Å². The number of esters is 3. The van der Waals surface area contributed by atoms with Crippen molar-refractivity contribution in [3.63, 3.8) is 0 Å². The predicted octanol–water partition coefficient (Wildman–Crippen LogP) is 17.0. The molecule has 0 aliphatic rings. The SMILES string of the molecule is C=COC(C)=O.CCCCCCCCCCCCCCCCCCCCCCOC(=O)C=CC(=O)OCCCCCCCCCCCCCCCCCCCCCC. The standard InChI is InChI=1S/C48H92O4.C4H6O2/c1-3-5-7-9-11-13-15-17-19-21-23-25-27-29-31-33-35-37-39-41-45-51-47(49)43-44-48(50)52-46-42-40-38-36-34-32-30-28-26-24-22-20-18-16-14-12-10-8-6-4-2;1-3-6-4(2)5/h43-44H,3-42,45-46H2,1-2H3;3H,1H2,2H3. The molecule has 0 N–H and O–H groups in total. The lowest BCUT2D eigenvalue weighted by molar-refractivity contribution is -0.140. The van der Waals surface area contributed by atoms with Crippen LogP contribution >= 0.6 is 0 Å². The molecule has 0 saturated heterocycles. The average molecular weight is 819 g/mol. The Balaban J connectivity index is 0. The molecule has 6 heteroatoms. The molecule has 0 fully saturated rings. The smallest absolute Gasteiger partial charge is 0.331 e. The highest BCUT2D eigenvalue weighted by Crippen LogP contribution is 2.17. The first-order valence-electron chi connectivity index (χ1n) is 25.3. The monoisotopic (exact) mass is 819 g/mol. The quantitative estimate of drug-likeness (QED) is 0.0200. The second-order valence-electron chi connectivity index (χ2n) is 16.9. The molecule has 0 amide bonds. The summed E-state index contributed by atoms with van der Waals surface area (Å²) in [6, 6.07) is 0. The molecule has 0 unspecified atom stereocenters. The molecular formula is C52H98O6. The van der Waals surface area contributed by atoms with Gasteiger partial charge in [0.05, 0.1) is 19.5 Å². The second kappa shape index (κ2) is 52.9. The first-order chi connectivity index (χ1) is 28.5. The van der Waals surface area contributed by atoms with Crippen LogP contribution in [-0.2, 0) is 28.6 Å². The number of carbonyl (C=O) groups excluding carboxylic acids is 3. The van der Waals surface area contributed by atoms with E-state index in [9.17, 15) is 14.4 Å². The minimum absolute atomic E-state index is 0.329. The summed E-state index contributed by atoms with van der Waals surface area (Å²) < 4.78 is 14.7. The van der Waals surface area contributed by atoms with E-state index < -0.39 is 11.9 Å². The van der Waals surface area contributed by atoms with E-state index in [1.807, 2.05) is 0 Å². The van der Waals surface area contributed by atoms with Crippen molar-refractivity contribution in [1.29, 1.82) is 0 Å². The van der Waals surface area contributed by atoms with Crippen molar-refractivity contribution in [1.82, 2.24) is 0 Å². The molecule has 0 rings (SSSR count). The van der Waals surface area contributed by atoms with Gasteiger partial charge in [0.25, 0.3) is 0 Å². The van der Waals surface area contributed by atoms with Gasteiger partial charge in [-0.15, -0.1) is 0 Å². The van der Waals surface area contributed by atoms with E-state index in [1.165, 1.54) is 250 Å². The zero-order valence-electron chi connectivity index (χ0n) is 39.1. The third kappa shape index (κ3) is 56.0. The van der Waals surface area contributed by atoms with Crippen LogP contribution < -0.4 is 0 Å². The highest BCUT2D eigenvalue weighted by atomic mass is 16.5. The van der Waals surface area contributed by atoms with Gasteiger partial charge in [-0.3, -0.25) is 4.79 Å². The van der Waals surface area contributed by atoms with E-state index in [4.69, 9.17) is 9.47 Å². The summed E-state index contributed by atoms with van der Waals surface area (Å²) in [6.45, 7) is 9.91. The fourth-order valence-corrected chi connectivity index (χ4v) is 7.41. The Kier molecular flexibility index (Phi) is 52.9. The minimum Gasteiger partial charge on any atom is -0.463 e. The molecule has 58 heavy (non-hydrogen) atoms. The number of hydrogen-bond acceptors (Lipinski definition) is 6. The van der Waals surface area contributed by atoms with Gasteiger partial charge in [-0.25, -0.2) is 9.59 Å². The number of rotatable bonds is 45. The summed E-state index contributed by atoms with van der Waals surface area (Å²) in [6.07, 6.45) is 57.6. The van der Waals surface area contributed by atoms with Crippen LogP contribution in [0.1, 0.15) is 278 Å². The zero-order chi connectivity index (χ0) is 42.7. The molecule has 0 bridgehead atoms. The van der Waals surface area contributed by atoms with E-state index in [2.05, 4.69) is 25.2 Å². The van der Waals surface area contributed by atoms with Gasteiger partial charge in [-0.2, -0.15) is 0 Å². The van der Waals surface area contributed by atoms with Crippen molar-refractivity contribution < 1.29 is 28.6 Å². The number of unbranched alkanes of at least 4 members (excludes halogenated alkanes) is 38.